The number of aromatic nitrogens is 3. The largest absolute Gasteiger partial charge is 0.348 e. The van der Waals surface area contributed by atoms with E-state index in [4.69, 9.17) is 10.7 Å². The molecule has 0 aromatic carbocycles. The summed E-state index contributed by atoms with van der Waals surface area (Å²) in [6, 6.07) is 4.04. The van der Waals surface area contributed by atoms with Crippen LogP contribution in [0.15, 0.2) is 18.3 Å². The number of nitrogens with zero attached hydrogens (tertiary/aromatic N) is 3. The van der Waals surface area contributed by atoms with Gasteiger partial charge in [0, 0.05) is 33.9 Å². The molecule has 7 heteroatoms. The molecule has 0 aliphatic carbocycles. The van der Waals surface area contributed by atoms with Gasteiger partial charge in [0.05, 0.1) is 22.8 Å². The number of pyridine rings is 1. The van der Waals surface area contributed by atoms with Crippen LogP contribution in [-0.2, 0) is 0 Å². The molecule has 6 nitrogen and oxygen atoms in total. The van der Waals surface area contributed by atoms with Gasteiger partial charge in [-0.25, -0.2) is 9.67 Å². The van der Waals surface area contributed by atoms with Crippen LogP contribution >= 0.6 is 11.3 Å². The molecular weight excluding hydrogens is 346 g/mol. The molecule has 3 N–H and O–H groups in total. The molecule has 0 aliphatic heterocycles. The second-order valence-corrected chi connectivity index (χ2v) is 8.37. The highest BCUT2D eigenvalue weighted by Gasteiger charge is 2.20. The van der Waals surface area contributed by atoms with Crippen LogP contribution in [0.3, 0.4) is 0 Å². The summed E-state index contributed by atoms with van der Waals surface area (Å²) in [6.07, 6.45) is 1.72. The number of amides is 1. The summed E-state index contributed by atoms with van der Waals surface area (Å²) in [5, 5.41) is 8.16. The summed E-state index contributed by atoms with van der Waals surface area (Å²) < 4.78 is 1.86. The molecule has 3 aromatic heterocycles. The minimum absolute atomic E-state index is 0.0977. The van der Waals surface area contributed by atoms with Crippen LogP contribution in [0, 0.1) is 13.8 Å². The molecule has 0 radical (unpaired) electrons. The van der Waals surface area contributed by atoms with E-state index in [-0.39, 0.29) is 18.0 Å². The Kier molecular flexibility index (Phi) is 5.11. The molecule has 0 bridgehead atoms. The van der Waals surface area contributed by atoms with Crippen molar-refractivity contribution < 1.29 is 4.79 Å². The SMILES string of the molecule is Cc1cc(-c2cc(C(=O)N[C@@H](C)CN)c3cnn(C(C)C)c3n2)c(C)s1. The van der Waals surface area contributed by atoms with Gasteiger partial charge in [0.15, 0.2) is 5.65 Å². The van der Waals surface area contributed by atoms with Gasteiger partial charge in [0.1, 0.15) is 0 Å². The van der Waals surface area contributed by atoms with Crippen LogP contribution in [0.2, 0.25) is 0 Å². The molecule has 3 heterocycles. The van der Waals surface area contributed by atoms with Gasteiger partial charge in [-0.05, 0) is 46.8 Å². The number of hydrogen-bond donors (Lipinski definition) is 2. The Morgan fingerprint density at radius 2 is 2.04 bits per heavy atom. The number of nitrogens with two attached hydrogens (primary N) is 1. The van der Waals surface area contributed by atoms with Crippen molar-refractivity contribution in [3.05, 3.63) is 33.6 Å². The highest BCUT2D eigenvalue weighted by atomic mass is 32.1. The zero-order valence-electron chi connectivity index (χ0n) is 15.8. The van der Waals surface area contributed by atoms with Gasteiger partial charge in [0.25, 0.3) is 5.91 Å². The zero-order chi connectivity index (χ0) is 19.0. The van der Waals surface area contributed by atoms with Crippen molar-refractivity contribution in [2.45, 2.75) is 46.7 Å². The van der Waals surface area contributed by atoms with Gasteiger partial charge in [-0.15, -0.1) is 11.3 Å². The van der Waals surface area contributed by atoms with E-state index in [1.807, 2.05) is 17.7 Å². The topological polar surface area (TPSA) is 85.8 Å². The van der Waals surface area contributed by atoms with Crippen LogP contribution in [0.4, 0.5) is 0 Å². The Labute approximate surface area is 157 Å². The second-order valence-electron chi connectivity index (χ2n) is 6.91. The molecule has 1 atom stereocenters. The van der Waals surface area contributed by atoms with Gasteiger partial charge in [0.2, 0.25) is 0 Å². The van der Waals surface area contributed by atoms with Crippen molar-refractivity contribution in [1.29, 1.82) is 0 Å². The summed E-state index contributed by atoms with van der Waals surface area (Å²) in [7, 11) is 0. The van der Waals surface area contributed by atoms with Crippen LogP contribution in [-0.4, -0.2) is 33.3 Å². The lowest BCUT2D eigenvalue weighted by atomic mass is 10.1. The lowest BCUT2D eigenvalue weighted by Gasteiger charge is -2.13. The molecule has 3 rings (SSSR count). The second kappa shape index (κ2) is 7.17. The predicted octanol–water partition coefficient (Wildman–Crippen LogP) is 3.43. The fraction of sp³-hybridized carbons (Fsp3) is 0.421. The molecule has 1 amide bonds. The number of rotatable bonds is 5. The number of carbonyl (C=O) groups is 1. The minimum Gasteiger partial charge on any atom is -0.348 e. The van der Waals surface area contributed by atoms with Gasteiger partial charge in [-0.3, -0.25) is 4.79 Å². The van der Waals surface area contributed by atoms with Crippen molar-refractivity contribution in [3.63, 3.8) is 0 Å². The first kappa shape index (κ1) is 18.5. The summed E-state index contributed by atoms with van der Waals surface area (Å²) in [6.45, 7) is 10.5. The van der Waals surface area contributed by atoms with E-state index in [0.717, 1.165) is 22.3 Å². The molecule has 0 unspecified atom stereocenters. The van der Waals surface area contributed by atoms with E-state index in [2.05, 4.69) is 44.2 Å². The normalized spacial score (nSPS) is 12.7. The summed E-state index contributed by atoms with van der Waals surface area (Å²) in [5.41, 5.74) is 8.83. The van der Waals surface area contributed by atoms with Gasteiger partial charge >= 0.3 is 0 Å². The Morgan fingerprint density at radius 3 is 2.62 bits per heavy atom. The lowest BCUT2D eigenvalue weighted by Crippen LogP contribution is -2.37. The van der Waals surface area contributed by atoms with Crippen LogP contribution in [0.5, 0.6) is 0 Å². The van der Waals surface area contributed by atoms with E-state index < -0.39 is 0 Å². The lowest BCUT2D eigenvalue weighted by molar-refractivity contribution is 0.0943. The maximum atomic E-state index is 12.9. The van der Waals surface area contributed by atoms with Crippen molar-refractivity contribution >= 4 is 28.3 Å². The average molecular weight is 372 g/mol. The number of thiophene rings is 1. The third kappa shape index (κ3) is 3.37. The molecule has 0 spiro atoms. The summed E-state index contributed by atoms with van der Waals surface area (Å²) >= 11 is 1.73. The molecule has 0 saturated heterocycles. The number of carbonyl (C=O) groups excluding carboxylic acids is 1. The first-order chi connectivity index (χ1) is 12.3. The average Bonchev–Trinajstić information content (AvgIpc) is 3.16. The number of aryl methyl sites for hydroxylation is 2. The fourth-order valence-corrected chi connectivity index (χ4v) is 3.90. The quantitative estimate of drug-likeness (QED) is 0.719. The summed E-state index contributed by atoms with van der Waals surface area (Å²) in [5.74, 6) is -0.149. The standard InChI is InChI=1S/C19H25N5OS/c1-10(2)24-18-16(9-21-24)15(19(25)22-11(3)8-20)7-17(23-18)14-6-12(4)26-13(14)5/h6-7,9-11H,8,20H2,1-5H3,(H,22,25)/t11-/m0/s1. The molecule has 26 heavy (non-hydrogen) atoms. The van der Waals surface area contributed by atoms with Crippen molar-refractivity contribution in [1.82, 2.24) is 20.1 Å². The molecule has 138 valence electrons. The van der Waals surface area contributed by atoms with E-state index in [0.29, 0.717) is 12.1 Å². The number of fused-ring (bicyclic) bond motifs is 1. The van der Waals surface area contributed by atoms with Crippen LogP contribution < -0.4 is 11.1 Å². The fourth-order valence-electron chi connectivity index (χ4n) is 2.97. The first-order valence-electron chi connectivity index (χ1n) is 8.78. The smallest absolute Gasteiger partial charge is 0.252 e. The van der Waals surface area contributed by atoms with Crippen LogP contribution in [0.25, 0.3) is 22.3 Å². The minimum atomic E-state index is -0.149. The highest BCUT2D eigenvalue weighted by Crippen LogP contribution is 2.32. The summed E-state index contributed by atoms with van der Waals surface area (Å²) in [4.78, 5) is 20.1. The van der Waals surface area contributed by atoms with Crippen molar-refractivity contribution in [3.8, 4) is 11.3 Å². The highest BCUT2D eigenvalue weighted by molar-refractivity contribution is 7.12. The molecular formula is C19H25N5OS. The molecule has 0 fully saturated rings. The zero-order valence-corrected chi connectivity index (χ0v) is 16.6. The third-order valence-electron chi connectivity index (χ3n) is 4.35. The monoisotopic (exact) mass is 371 g/mol. The molecule has 0 saturated carbocycles. The Balaban J connectivity index is 2.22. The van der Waals surface area contributed by atoms with Crippen LogP contribution in [0.1, 0.15) is 46.9 Å². The van der Waals surface area contributed by atoms with Gasteiger partial charge < -0.3 is 11.1 Å². The van der Waals surface area contributed by atoms with E-state index in [9.17, 15) is 4.79 Å². The van der Waals surface area contributed by atoms with Crippen molar-refractivity contribution in [2.24, 2.45) is 5.73 Å². The maximum Gasteiger partial charge on any atom is 0.252 e. The Hall–Kier alpha value is -2.25. The third-order valence-corrected chi connectivity index (χ3v) is 5.31. The molecule has 3 aromatic rings. The number of hydrogen-bond acceptors (Lipinski definition) is 5. The Bertz CT molecular complexity index is 956. The van der Waals surface area contributed by atoms with E-state index >= 15 is 0 Å². The maximum absolute atomic E-state index is 12.9. The van der Waals surface area contributed by atoms with Gasteiger partial charge in [-0.2, -0.15) is 5.10 Å². The van der Waals surface area contributed by atoms with Crippen molar-refractivity contribution in [2.75, 3.05) is 6.54 Å². The predicted molar refractivity (Wildman–Crippen MR) is 107 cm³/mol. The van der Waals surface area contributed by atoms with E-state index in [1.54, 1.807) is 17.5 Å². The van der Waals surface area contributed by atoms with Gasteiger partial charge in [-0.1, -0.05) is 0 Å². The molecule has 0 aliphatic rings. The Morgan fingerprint density at radius 1 is 1.31 bits per heavy atom. The van der Waals surface area contributed by atoms with E-state index in [1.165, 1.54) is 9.75 Å². The first-order valence-corrected chi connectivity index (χ1v) is 9.60. The number of nitrogens with one attached hydrogen (secondary N) is 1.